The first-order valence-electron chi connectivity index (χ1n) is 6.55. The zero-order valence-electron chi connectivity index (χ0n) is 11.4. The van der Waals surface area contributed by atoms with Gasteiger partial charge in [0.2, 0.25) is 0 Å². The van der Waals surface area contributed by atoms with E-state index in [9.17, 15) is 0 Å². The van der Waals surface area contributed by atoms with Gasteiger partial charge in [-0.15, -0.1) is 0 Å². The third-order valence-corrected chi connectivity index (χ3v) is 3.19. The molecule has 3 heteroatoms. The molecule has 18 heavy (non-hydrogen) atoms. The van der Waals surface area contributed by atoms with E-state index in [2.05, 4.69) is 54.7 Å². The van der Waals surface area contributed by atoms with Gasteiger partial charge in [-0.25, -0.2) is 0 Å². The Kier molecular flexibility index (Phi) is 4.15. The van der Waals surface area contributed by atoms with Crippen LogP contribution in [0.4, 0.5) is 0 Å². The topological polar surface area (TPSA) is 29.9 Å². The van der Waals surface area contributed by atoms with Crippen LogP contribution in [0.2, 0.25) is 0 Å². The fourth-order valence-electron chi connectivity index (χ4n) is 2.17. The molecule has 1 atom stereocenters. The Bertz CT molecular complexity index is 485. The highest BCUT2D eigenvalue weighted by Crippen LogP contribution is 2.21. The molecule has 0 bridgehead atoms. The van der Waals surface area contributed by atoms with Crippen LogP contribution >= 0.6 is 0 Å². The maximum Gasteiger partial charge on any atom is 0.0607 e. The summed E-state index contributed by atoms with van der Waals surface area (Å²) in [5.41, 5.74) is 3.88. The molecule has 1 aromatic carbocycles. The summed E-state index contributed by atoms with van der Waals surface area (Å²) in [6.45, 7) is 5.25. The second kappa shape index (κ2) is 5.83. The second-order valence-electron chi connectivity index (χ2n) is 4.53. The average Bonchev–Trinajstić information content (AvgIpc) is 2.82. The summed E-state index contributed by atoms with van der Waals surface area (Å²) in [5.74, 6) is 0. The lowest BCUT2D eigenvalue weighted by molar-refractivity contribution is 0.629. The molecule has 0 aliphatic carbocycles. The smallest absolute Gasteiger partial charge is 0.0607 e. The SMILES string of the molecule is CCNC(c1ccc(CC)cc1)c1cnn(C)c1. The molecule has 0 spiro atoms. The van der Waals surface area contributed by atoms with Crippen molar-refractivity contribution in [2.24, 2.45) is 7.05 Å². The predicted molar refractivity (Wildman–Crippen MR) is 74.5 cm³/mol. The van der Waals surface area contributed by atoms with Crippen molar-refractivity contribution in [3.63, 3.8) is 0 Å². The van der Waals surface area contributed by atoms with Crippen molar-refractivity contribution >= 4 is 0 Å². The van der Waals surface area contributed by atoms with Crippen molar-refractivity contribution in [3.05, 3.63) is 53.3 Å². The molecule has 0 saturated carbocycles. The molecule has 0 fully saturated rings. The van der Waals surface area contributed by atoms with Crippen LogP contribution in [0.5, 0.6) is 0 Å². The van der Waals surface area contributed by atoms with E-state index in [1.54, 1.807) is 0 Å². The Morgan fingerprint density at radius 1 is 1.17 bits per heavy atom. The van der Waals surface area contributed by atoms with Crippen LogP contribution in [-0.4, -0.2) is 16.3 Å². The first kappa shape index (κ1) is 12.8. The zero-order chi connectivity index (χ0) is 13.0. The molecule has 0 aliphatic heterocycles. The standard InChI is InChI=1S/C15H21N3/c1-4-12-6-8-13(9-7-12)15(16-5-2)14-10-17-18(3)11-14/h6-11,15-16H,4-5H2,1-3H3. The van der Waals surface area contributed by atoms with Gasteiger partial charge in [-0.05, 0) is 24.1 Å². The maximum absolute atomic E-state index is 4.26. The van der Waals surface area contributed by atoms with Gasteiger partial charge in [0.25, 0.3) is 0 Å². The molecule has 1 heterocycles. The molecule has 2 rings (SSSR count). The minimum atomic E-state index is 0.231. The molecule has 2 aromatic rings. The molecule has 0 radical (unpaired) electrons. The average molecular weight is 243 g/mol. The molecule has 1 unspecified atom stereocenters. The van der Waals surface area contributed by atoms with E-state index in [4.69, 9.17) is 0 Å². The number of aromatic nitrogens is 2. The Morgan fingerprint density at radius 2 is 1.89 bits per heavy atom. The van der Waals surface area contributed by atoms with E-state index >= 15 is 0 Å². The Morgan fingerprint density at radius 3 is 2.39 bits per heavy atom. The van der Waals surface area contributed by atoms with Gasteiger partial charge in [0.1, 0.15) is 0 Å². The third kappa shape index (κ3) is 2.79. The molecule has 1 N–H and O–H groups in total. The monoisotopic (exact) mass is 243 g/mol. The van der Waals surface area contributed by atoms with Gasteiger partial charge in [-0.3, -0.25) is 4.68 Å². The minimum absolute atomic E-state index is 0.231. The quantitative estimate of drug-likeness (QED) is 0.875. The number of rotatable bonds is 5. The first-order valence-corrected chi connectivity index (χ1v) is 6.55. The van der Waals surface area contributed by atoms with Gasteiger partial charge in [0, 0.05) is 18.8 Å². The number of hydrogen-bond donors (Lipinski definition) is 1. The highest BCUT2D eigenvalue weighted by molar-refractivity contribution is 5.31. The molecule has 1 aromatic heterocycles. The highest BCUT2D eigenvalue weighted by atomic mass is 15.2. The third-order valence-electron chi connectivity index (χ3n) is 3.19. The summed E-state index contributed by atoms with van der Waals surface area (Å²) in [7, 11) is 1.95. The second-order valence-corrected chi connectivity index (χ2v) is 4.53. The zero-order valence-corrected chi connectivity index (χ0v) is 11.4. The fraction of sp³-hybridized carbons (Fsp3) is 0.400. The normalized spacial score (nSPS) is 12.6. The highest BCUT2D eigenvalue weighted by Gasteiger charge is 2.14. The summed E-state index contributed by atoms with van der Waals surface area (Å²) in [6, 6.07) is 9.05. The van der Waals surface area contributed by atoms with Crippen molar-refractivity contribution in [2.75, 3.05) is 6.54 Å². The minimum Gasteiger partial charge on any atom is -0.306 e. The van der Waals surface area contributed by atoms with Gasteiger partial charge in [-0.2, -0.15) is 5.10 Å². The molecular weight excluding hydrogens is 222 g/mol. The molecular formula is C15H21N3. The largest absolute Gasteiger partial charge is 0.306 e. The van der Waals surface area contributed by atoms with Crippen LogP contribution in [0.1, 0.15) is 36.6 Å². The fourth-order valence-corrected chi connectivity index (χ4v) is 2.17. The van der Waals surface area contributed by atoms with Crippen LogP contribution in [0.3, 0.4) is 0 Å². The van der Waals surface area contributed by atoms with Crippen LogP contribution < -0.4 is 5.32 Å². The summed E-state index contributed by atoms with van der Waals surface area (Å²) >= 11 is 0. The number of nitrogens with zero attached hydrogens (tertiary/aromatic N) is 2. The molecule has 3 nitrogen and oxygen atoms in total. The van der Waals surface area contributed by atoms with Crippen molar-refractivity contribution in [1.82, 2.24) is 15.1 Å². The van der Waals surface area contributed by atoms with Crippen molar-refractivity contribution < 1.29 is 0 Å². The number of hydrogen-bond acceptors (Lipinski definition) is 2. The number of benzene rings is 1. The Labute approximate surface area is 109 Å². The van der Waals surface area contributed by atoms with E-state index in [1.807, 2.05) is 17.9 Å². The summed E-state index contributed by atoms with van der Waals surface area (Å²) in [4.78, 5) is 0. The molecule has 0 amide bonds. The van der Waals surface area contributed by atoms with Crippen LogP contribution in [-0.2, 0) is 13.5 Å². The summed E-state index contributed by atoms with van der Waals surface area (Å²) < 4.78 is 1.85. The molecule has 96 valence electrons. The van der Waals surface area contributed by atoms with Gasteiger partial charge >= 0.3 is 0 Å². The summed E-state index contributed by atoms with van der Waals surface area (Å²) in [5, 5.41) is 7.77. The van der Waals surface area contributed by atoms with E-state index in [1.165, 1.54) is 16.7 Å². The van der Waals surface area contributed by atoms with Gasteiger partial charge < -0.3 is 5.32 Å². The lowest BCUT2D eigenvalue weighted by Gasteiger charge is -2.17. The lowest BCUT2D eigenvalue weighted by Crippen LogP contribution is -2.21. The van der Waals surface area contributed by atoms with E-state index in [0.717, 1.165) is 13.0 Å². The van der Waals surface area contributed by atoms with E-state index in [-0.39, 0.29) is 6.04 Å². The lowest BCUT2D eigenvalue weighted by atomic mass is 9.99. The van der Waals surface area contributed by atoms with E-state index < -0.39 is 0 Å². The van der Waals surface area contributed by atoms with Crippen LogP contribution in [0, 0.1) is 0 Å². The Hall–Kier alpha value is -1.61. The Balaban J connectivity index is 2.28. The number of aryl methyl sites for hydroxylation is 2. The van der Waals surface area contributed by atoms with Gasteiger partial charge in [0.05, 0.1) is 12.2 Å². The van der Waals surface area contributed by atoms with Crippen molar-refractivity contribution in [1.29, 1.82) is 0 Å². The molecule has 0 saturated heterocycles. The molecule has 0 aliphatic rings. The summed E-state index contributed by atoms with van der Waals surface area (Å²) in [6.07, 6.45) is 5.08. The first-order chi connectivity index (χ1) is 8.74. The van der Waals surface area contributed by atoms with Gasteiger partial charge in [-0.1, -0.05) is 38.1 Å². The van der Waals surface area contributed by atoms with Crippen molar-refractivity contribution in [2.45, 2.75) is 26.3 Å². The van der Waals surface area contributed by atoms with Crippen LogP contribution in [0.15, 0.2) is 36.7 Å². The van der Waals surface area contributed by atoms with Crippen molar-refractivity contribution in [3.8, 4) is 0 Å². The van der Waals surface area contributed by atoms with Crippen LogP contribution in [0.25, 0.3) is 0 Å². The predicted octanol–water partition coefficient (Wildman–Crippen LogP) is 2.68. The maximum atomic E-state index is 4.26. The van der Waals surface area contributed by atoms with Gasteiger partial charge in [0.15, 0.2) is 0 Å². The van der Waals surface area contributed by atoms with E-state index in [0.29, 0.717) is 0 Å². The number of nitrogens with one attached hydrogen (secondary N) is 1.